The zero-order valence-electron chi connectivity index (χ0n) is 21.7. The van der Waals surface area contributed by atoms with E-state index >= 15 is 0 Å². The van der Waals surface area contributed by atoms with Gasteiger partial charge in [0.05, 0.1) is 18.6 Å². The molecular formula is C28H31N3O5S. The highest BCUT2D eigenvalue weighted by Gasteiger charge is 2.28. The van der Waals surface area contributed by atoms with Crippen molar-refractivity contribution >= 4 is 33.2 Å². The third-order valence-corrected chi connectivity index (χ3v) is 8.60. The van der Waals surface area contributed by atoms with Crippen LogP contribution in [0.5, 0.6) is 5.75 Å². The molecular weight excluding hydrogens is 490 g/mol. The Morgan fingerprint density at radius 1 is 1.00 bits per heavy atom. The van der Waals surface area contributed by atoms with Crippen molar-refractivity contribution in [3.8, 4) is 5.75 Å². The van der Waals surface area contributed by atoms with Crippen LogP contribution in [0, 0.1) is 20.8 Å². The highest BCUT2D eigenvalue weighted by molar-refractivity contribution is 7.89. The number of anilines is 2. The number of amides is 2. The molecule has 194 valence electrons. The number of nitrogens with one attached hydrogen (secondary N) is 1. The molecule has 0 atom stereocenters. The van der Waals surface area contributed by atoms with Gasteiger partial charge in [-0.1, -0.05) is 23.8 Å². The fourth-order valence-corrected chi connectivity index (χ4v) is 6.31. The summed E-state index contributed by atoms with van der Waals surface area (Å²) in [4.78, 5) is 27.9. The molecule has 0 aliphatic carbocycles. The maximum atomic E-state index is 13.2. The molecule has 1 aliphatic heterocycles. The second kappa shape index (κ2) is 10.4. The molecule has 1 heterocycles. The first-order valence-electron chi connectivity index (χ1n) is 11.9. The van der Waals surface area contributed by atoms with Crippen molar-refractivity contribution in [2.45, 2.75) is 32.1 Å². The van der Waals surface area contributed by atoms with Gasteiger partial charge in [-0.3, -0.25) is 9.59 Å². The van der Waals surface area contributed by atoms with Crippen LogP contribution in [0.1, 0.15) is 32.6 Å². The average Bonchev–Trinajstić information content (AvgIpc) is 3.26. The van der Waals surface area contributed by atoms with Crippen LogP contribution in [0.25, 0.3) is 0 Å². The Morgan fingerprint density at radius 3 is 2.27 bits per heavy atom. The van der Waals surface area contributed by atoms with Crippen LogP contribution >= 0.6 is 0 Å². The lowest BCUT2D eigenvalue weighted by Gasteiger charge is -2.21. The molecule has 0 spiro atoms. The molecule has 4 rings (SSSR count). The maximum Gasteiger partial charge on any atom is 0.258 e. The van der Waals surface area contributed by atoms with Gasteiger partial charge in [-0.25, -0.2) is 8.42 Å². The molecule has 8 nitrogen and oxygen atoms in total. The number of carbonyl (C=O) groups is 2. The van der Waals surface area contributed by atoms with Crippen LogP contribution in [0.15, 0.2) is 59.5 Å². The summed E-state index contributed by atoms with van der Waals surface area (Å²) in [6.45, 7) is 5.61. The molecule has 0 bridgehead atoms. The smallest absolute Gasteiger partial charge is 0.258 e. The molecule has 0 unspecified atom stereocenters. The van der Waals surface area contributed by atoms with E-state index in [1.165, 1.54) is 7.05 Å². The van der Waals surface area contributed by atoms with Gasteiger partial charge < -0.3 is 15.0 Å². The van der Waals surface area contributed by atoms with Crippen LogP contribution in [-0.4, -0.2) is 51.8 Å². The van der Waals surface area contributed by atoms with Crippen molar-refractivity contribution in [3.05, 3.63) is 82.4 Å². The summed E-state index contributed by atoms with van der Waals surface area (Å²) in [5.41, 5.74) is 5.03. The summed E-state index contributed by atoms with van der Waals surface area (Å²) in [5, 5.41) is 2.78. The summed E-state index contributed by atoms with van der Waals surface area (Å²) >= 11 is 0. The normalized spacial score (nSPS) is 13.0. The van der Waals surface area contributed by atoms with Gasteiger partial charge in [0.25, 0.3) is 5.91 Å². The number of ether oxygens (including phenoxy) is 1. The van der Waals surface area contributed by atoms with Crippen LogP contribution < -0.4 is 15.0 Å². The summed E-state index contributed by atoms with van der Waals surface area (Å²) in [7, 11) is -0.894. The van der Waals surface area contributed by atoms with E-state index in [1.807, 2.05) is 25.1 Å². The van der Waals surface area contributed by atoms with E-state index in [0.717, 1.165) is 21.1 Å². The van der Waals surface area contributed by atoms with E-state index < -0.39 is 15.9 Å². The van der Waals surface area contributed by atoms with Gasteiger partial charge in [0.1, 0.15) is 5.75 Å². The monoisotopic (exact) mass is 521 g/mol. The van der Waals surface area contributed by atoms with E-state index in [2.05, 4.69) is 5.32 Å². The zero-order chi connectivity index (χ0) is 26.9. The Hall–Kier alpha value is -3.69. The maximum absolute atomic E-state index is 13.2. The number of aryl methyl sites for hydroxylation is 3. The van der Waals surface area contributed by atoms with Crippen molar-refractivity contribution in [3.63, 3.8) is 0 Å². The van der Waals surface area contributed by atoms with Crippen LogP contribution in [0.4, 0.5) is 11.4 Å². The average molecular weight is 522 g/mol. The van der Waals surface area contributed by atoms with E-state index in [-0.39, 0.29) is 17.3 Å². The highest BCUT2D eigenvalue weighted by Crippen LogP contribution is 2.32. The Morgan fingerprint density at radius 2 is 1.65 bits per heavy atom. The van der Waals surface area contributed by atoms with Crippen molar-refractivity contribution in [2.24, 2.45) is 0 Å². The molecule has 1 N–H and O–H groups in total. The summed E-state index contributed by atoms with van der Waals surface area (Å²) in [5.74, 6) is 0.0575. The molecule has 1 aliphatic rings. The second-order valence-electron chi connectivity index (χ2n) is 9.32. The second-order valence-corrected chi connectivity index (χ2v) is 11.3. The van der Waals surface area contributed by atoms with Gasteiger partial charge in [-0.2, -0.15) is 4.31 Å². The third kappa shape index (κ3) is 5.38. The molecule has 0 aromatic heterocycles. The SMILES string of the molecule is COc1ccc(C(=O)N2CCc3ccc(NC(=O)CN(C)S(=O)(=O)c4c(C)cc(C)cc4C)cc32)cc1. The van der Waals surface area contributed by atoms with E-state index in [9.17, 15) is 18.0 Å². The highest BCUT2D eigenvalue weighted by atomic mass is 32.2. The fourth-order valence-electron chi connectivity index (χ4n) is 4.77. The molecule has 9 heteroatoms. The predicted octanol–water partition coefficient (Wildman–Crippen LogP) is 4.08. The molecule has 0 radical (unpaired) electrons. The number of hydrogen-bond donors (Lipinski definition) is 1. The van der Waals surface area contributed by atoms with Gasteiger partial charge in [0.2, 0.25) is 15.9 Å². The molecule has 0 fully saturated rings. The van der Waals surface area contributed by atoms with E-state index in [4.69, 9.17) is 4.74 Å². The number of likely N-dealkylation sites (N-methyl/N-ethyl adjacent to an activating group) is 1. The lowest BCUT2D eigenvalue weighted by atomic mass is 10.1. The zero-order valence-corrected chi connectivity index (χ0v) is 22.5. The molecule has 0 saturated heterocycles. The Kier molecular flexibility index (Phi) is 7.38. The molecule has 0 saturated carbocycles. The summed E-state index contributed by atoms with van der Waals surface area (Å²) in [6, 6.07) is 16.0. The largest absolute Gasteiger partial charge is 0.497 e. The minimum Gasteiger partial charge on any atom is -0.497 e. The molecule has 3 aromatic carbocycles. The van der Waals surface area contributed by atoms with Gasteiger partial charge in [0, 0.05) is 30.5 Å². The number of rotatable bonds is 7. The lowest BCUT2D eigenvalue weighted by Crippen LogP contribution is -2.35. The van der Waals surface area contributed by atoms with Crippen molar-refractivity contribution in [1.82, 2.24) is 4.31 Å². The van der Waals surface area contributed by atoms with Gasteiger partial charge in [0.15, 0.2) is 0 Å². The van der Waals surface area contributed by atoms with Gasteiger partial charge in [-0.15, -0.1) is 0 Å². The number of carbonyl (C=O) groups excluding carboxylic acids is 2. The molecule has 2 amide bonds. The minimum absolute atomic E-state index is 0.139. The van der Waals surface area contributed by atoms with E-state index in [1.54, 1.807) is 62.3 Å². The first kappa shape index (κ1) is 26.4. The number of methoxy groups -OCH3 is 1. The van der Waals surface area contributed by atoms with Crippen molar-refractivity contribution < 1.29 is 22.7 Å². The number of sulfonamides is 1. The van der Waals surface area contributed by atoms with Crippen LogP contribution in [0.3, 0.4) is 0 Å². The van der Waals surface area contributed by atoms with Crippen LogP contribution in [-0.2, 0) is 21.2 Å². The number of fused-ring (bicyclic) bond motifs is 1. The Balaban J connectivity index is 1.48. The summed E-state index contributed by atoms with van der Waals surface area (Å²) in [6.07, 6.45) is 0.710. The Labute approximate surface area is 217 Å². The standard InChI is InChI=1S/C28H31N3O5S/c1-18-14-19(2)27(20(3)15-18)37(34,35)30(4)17-26(32)29-23-9-6-21-12-13-31(25(21)16-23)28(33)22-7-10-24(36-5)11-8-22/h6-11,14-16H,12-13,17H2,1-5H3,(H,29,32). The Bertz CT molecular complexity index is 1440. The van der Waals surface area contributed by atoms with E-state index in [0.29, 0.717) is 41.1 Å². The predicted molar refractivity (Wildman–Crippen MR) is 144 cm³/mol. The third-order valence-electron chi connectivity index (χ3n) is 6.49. The first-order valence-corrected chi connectivity index (χ1v) is 13.4. The molecule has 37 heavy (non-hydrogen) atoms. The fraction of sp³-hybridized carbons (Fsp3) is 0.286. The summed E-state index contributed by atoms with van der Waals surface area (Å²) < 4.78 is 32.6. The lowest BCUT2D eigenvalue weighted by molar-refractivity contribution is -0.116. The van der Waals surface area contributed by atoms with Crippen LogP contribution in [0.2, 0.25) is 0 Å². The number of hydrogen-bond acceptors (Lipinski definition) is 5. The molecule has 3 aromatic rings. The topological polar surface area (TPSA) is 96.0 Å². The van der Waals surface area contributed by atoms with Crippen molar-refractivity contribution in [1.29, 1.82) is 0 Å². The van der Waals surface area contributed by atoms with Crippen molar-refractivity contribution in [2.75, 3.05) is 37.5 Å². The first-order chi connectivity index (χ1) is 17.5. The van der Waals surface area contributed by atoms with Gasteiger partial charge in [-0.05, 0) is 80.3 Å². The quantitative estimate of drug-likeness (QED) is 0.505. The number of nitrogens with zero attached hydrogens (tertiary/aromatic N) is 2. The van der Waals surface area contributed by atoms with Gasteiger partial charge >= 0.3 is 0 Å². The number of benzene rings is 3. The minimum atomic E-state index is -3.86.